The van der Waals surface area contributed by atoms with Gasteiger partial charge in [0.2, 0.25) is 0 Å². The van der Waals surface area contributed by atoms with Crippen molar-refractivity contribution in [3.63, 3.8) is 0 Å². The number of aliphatic carboxylic acids is 1. The fourth-order valence-electron chi connectivity index (χ4n) is 2.25. The lowest BCUT2D eigenvalue weighted by atomic mass is 10.0. The Morgan fingerprint density at radius 3 is 2.75 bits per heavy atom. The van der Waals surface area contributed by atoms with Crippen LogP contribution in [-0.4, -0.2) is 54.4 Å². The number of urea groups is 1. The summed E-state index contributed by atoms with van der Waals surface area (Å²) in [6, 6.07) is -0.949. The SMILES string of the molecule is CCCCOCCCNC(=O)N1CCCCC1C(=O)O. The number of nitrogens with zero attached hydrogens (tertiary/aromatic N) is 1. The molecule has 20 heavy (non-hydrogen) atoms. The summed E-state index contributed by atoms with van der Waals surface area (Å²) < 4.78 is 5.40. The standard InChI is InChI=1S/C14H26N2O4/c1-2-3-10-20-11-6-8-15-14(19)16-9-5-4-7-12(16)13(17)18/h12H,2-11H2,1H3,(H,15,19)(H,17,18). The molecular weight excluding hydrogens is 260 g/mol. The zero-order valence-corrected chi connectivity index (χ0v) is 12.3. The Labute approximate surface area is 120 Å². The fraction of sp³-hybridized carbons (Fsp3) is 0.857. The molecule has 0 aromatic heterocycles. The Hall–Kier alpha value is -1.30. The average molecular weight is 286 g/mol. The third-order valence-corrected chi connectivity index (χ3v) is 3.43. The molecule has 0 bridgehead atoms. The highest BCUT2D eigenvalue weighted by Gasteiger charge is 2.31. The maximum Gasteiger partial charge on any atom is 0.326 e. The van der Waals surface area contributed by atoms with Crippen LogP contribution in [0.25, 0.3) is 0 Å². The van der Waals surface area contributed by atoms with Gasteiger partial charge in [-0.15, -0.1) is 0 Å². The number of unbranched alkanes of at least 4 members (excludes halogenated alkanes) is 1. The van der Waals surface area contributed by atoms with Gasteiger partial charge in [0, 0.05) is 26.3 Å². The maximum atomic E-state index is 12.0. The minimum atomic E-state index is -0.914. The molecule has 1 heterocycles. The van der Waals surface area contributed by atoms with Crippen LogP contribution >= 0.6 is 0 Å². The minimum absolute atomic E-state index is 0.273. The lowest BCUT2D eigenvalue weighted by molar-refractivity contribution is -0.143. The number of piperidine rings is 1. The lowest BCUT2D eigenvalue weighted by Crippen LogP contribution is -2.52. The molecule has 6 heteroatoms. The van der Waals surface area contributed by atoms with Crippen molar-refractivity contribution in [1.29, 1.82) is 0 Å². The van der Waals surface area contributed by atoms with Crippen LogP contribution in [-0.2, 0) is 9.53 Å². The summed E-state index contributed by atoms with van der Waals surface area (Å²) >= 11 is 0. The van der Waals surface area contributed by atoms with Gasteiger partial charge in [-0.1, -0.05) is 13.3 Å². The second-order valence-electron chi connectivity index (χ2n) is 5.09. The molecule has 1 aliphatic rings. The van der Waals surface area contributed by atoms with Gasteiger partial charge in [0.1, 0.15) is 6.04 Å². The number of hydrogen-bond donors (Lipinski definition) is 2. The topological polar surface area (TPSA) is 78.9 Å². The van der Waals surface area contributed by atoms with Crippen LogP contribution < -0.4 is 5.32 Å². The minimum Gasteiger partial charge on any atom is -0.480 e. The highest BCUT2D eigenvalue weighted by atomic mass is 16.5. The van der Waals surface area contributed by atoms with Crippen LogP contribution in [0.15, 0.2) is 0 Å². The molecule has 1 saturated heterocycles. The number of carboxylic acids is 1. The third kappa shape index (κ3) is 5.77. The Kier molecular flexibility index (Phi) is 8.02. The van der Waals surface area contributed by atoms with Gasteiger partial charge in [-0.2, -0.15) is 0 Å². The van der Waals surface area contributed by atoms with Gasteiger partial charge in [-0.25, -0.2) is 9.59 Å². The molecule has 1 aliphatic heterocycles. The molecular formula is C14H26N2O4. The largest absolute Gasteiger partial charge is 0.480 e. The number of carbonyl (C=O) groups is 2. The quantitative estimate of drug-likeness (QED) is 0.667. The first kappa shape index (κ1) is 16.8. The molecule has 1 atom stereocenters. The third-order valence-electron chi connectivity index (χ3n) is 3.43. The molecule has 1 unspecified atom stereocenters. The number of nitrogens with one attached hydrogen (secondary N) is 1. The highest BCUT2D eigenvalue weighted by Crippen LogP contribution is 2.17. The average Bonchev–Trinajstić information content (AvgIpc) is 2.46. The van der Waals surface area contributed by atoms with Gasteiger partial charge in [0.15, 0.2) is 0 Å². The fourth-order valence-corrected chi connectivity index (χ4v) is 2.25. The first-order chi connectivity index (χ1) is 9.66. The Balaban J connectivity index is 2.19. The molecule has 2 amide bonds. The number of carboxylic acid groups (broad SMARTS) is 1. The van der Waals surface area contributed by atoms with E-state index in [9.17, 15) is 9.59 Å². The number of carbonyl (C=O) groups excluding carboxylic acids is 1. The number of ether oxygens (including phenoxy) is 1. The van der Waals surface area contributed by atoms with E-state index < -0.39 is 12.0 Å². The maximum absolute atomic E-state index is 12.0. The second kappa shape index (κ2) is 9.58. The van der Waals surface area contributed by atoms with E-state index in [-0.39, 0.29) is 6.03 Å². The molecule has 0 aromatic rings. The first-order valence-electron chi connectivity index (χ1n) is 7.51. The van der Waals surface area contributed by atoms with E-state index >= 15 is 0 Å². The van der Waals surface area contributed by atoms with Gasteiger partial charge in [0.25, 0.3) is 0 Å². The summed E-state index contributed by atoms with van der Waals surface area (Å²) in [6.07, 6.45) is 5.20. The molecule has 0 saturated carbocycles. The Morgan fingerprint density at radius 2 is 2.05 bits per heavy atom. The zero-order valence-electron chi connectivity index (χ0n) is 12.3. The van der Waals surface area contributed by atoms with E-state index in [0.29, 0.717) is 26.1 Å². The van der Waals surface area contributed by atoms with Gasteiger partial charge < -0.3 is 20.1 Å². The number of likely N-dealkylation sites (tertiary alicyclic amines) is 1. The van der Waals surface area contributed by atoms with E-state index in [0.717, 1.165) is 38.7 Å². The molecule has 0 spiro atoms. The highest BCUT2D eigenvalue weighted by molar-refractivity contribution is 5.82. The van der Waals surface area contributed by atoms with Crippen LogP contribution in [0.2, 0.25) is 0 Å². The smallest absolute Gasteiger partial charge is 0.326 e. The first-order valence-corrected chi connectivity index (χ1v) is 7.51. The Bertz CT molecular complexity index is 310. The van der Waals surface area contributed by atoms with E-state index in [2.05, 4.69) is 12.2 Å². The molecule has 0 aromatic carbocycles. The van der Waals surface area contributed by atoms with Crippen molar-refractivity contribution >= 4 is 12.0 Å². The van der Waals surface area contributed by atoms with Crippen LogP contribution in [0.5, 0.6) is 0 Å². The monoisotopic (exact) mass is 286 g/mol. The van der Waals surface area contributed by atoms with Crippen LogP contribution in [0.3, 0.4) is 0 Å². The van der Waals surface area contributed by atoms with Crippen molar-refractivity contribution in [3.05, 3.63) is 0 Å². The summed E-state index contributed by atoms with van der Waals surface area (Å²) in [7, 11) is 0. The Morgan fingerprint density at radius 1 is 1.30 bits per heavy atom. The van der Waals surface area contributed by atoms with Crippen LogP contribution in [0.4, 0.5) is 4.79 Å². The summed E-state index contributed by atoms with van der Waals surface area (Å²) in [4.78, 5) is 24.5. The van der Waals surface area contributed by atoms with Crippen molar-refractivity contribution in [2.75, 3.05) is 26.3 Å². The van der Waals surface area contributed by atoms with Crippen molar-refractivity contribution in [2.45, 2.75) is 51.5 Å². The number of hydrogen-bond acceptors (Lipinski definition) is 3. The van der Waals surface area contributed by atoms with E-state index in [1.165, 1.54) is 4.90 Å². The van der Waals surface area contributed by atoms with Crippen molar-refractivity contribution in [3.8, 4) is 0 Å². The summed E-state index contributed by atoms with van der Waals surface area (Å²) in [5.41, 5.74) is 0. The molecule has 1 fully saturated rings. The van der Waals surface area contributed by atoms with Crippen molar-refractivity contribution in [1.82, 2.24) is 10.2 Å². The second-order valence-corrected chi connectivity index (χ2v) is 5.09. The van der Waals surface area contributed by atoms with Gasteiger partial charge >= 0.3 is 12.0 Å². The lowest BCUT2D eigenvalue weighted by Gasteiger charge is -2.32. The van der Waals surface area contributed by atoms with E-state index in [4.69, 9.17) is 9.84 Å². The van der Waals surface area contributed by atoms with E-state index in [1.807, 2.05) is 0 Å². The normalized spacial score (nSPS) is 18.9. The molecule has 1 rings (SSSR count). The van der Waals surface area contributed by atoms with Crippen molar-refractivity contribution in [2.24, 2.45) is 0 Å². The summed E-state index contributed by atoms with van der Waals surface area (Å²) in [5.74, 6) is -0.914. The molecule has 2 N–H and O–H groups in total. The molecule has 0 radical (unpaired) electrons. The molecule has 0 aliphatic carbocycles. The van der Waals surface area contributed by atoms with Gasteiger partial charge in [-0.05, 0) is 32.1 Å². The van der Waals surface area contributed by atoms with Crippen molar-refractivity contribution < 1.29 is 19.4 Å². The zero-order chi connectivity index (χ0) is 14.8. The van der Waals surface area contributed by atoms with Gasteiger partial charge in [0.05, 0.1) is 0 Å². The summed E-state index contributed by atoms with van der Waals surface area (Å²) in [5, 5.41) is 11.9. The van der Waals surface area contributed by atoms with Gasteiger partial charge in [-0.3, -0.25) is 0 Å². The summed E-state index contributed by atoms with van der Waals surface area (Å²) in [6.45, 7) is 4.55. The predicted molar refractivity (Wildman–Crippen MR) is 75.7 cm³/mol. The van der Waals surface area contributed by atoms with Crippen LogP contribution in [0.1, 0.15) is 45.4 Å². The van der Waals surface area contributed by atoms with Crippen LogP contribution in [0, 0.1) is 0 Å². The van der Waals surface area contributed by atoms with E-state index in [1.54, 1.807) is 0 Å². The molecule has 6 nitrogen and oxygen atoms in total. The number of rotatable bonds is 8. The predicted octanol–water partition coefficient (Wildman–Crippen LogP) is 1.84. The molecule has 116 valence electrons. The number of amides is 2.